The molecule has 1 aliphatic rings. The minimum atomic E-state index is -0.826. The van der Waals surface area contributed by atoms with Crippen LogP contribution in [0.4, 0.5) is 11.4 Å². The first-order chi connectivity index (χ1) is 7.58. The second-order valence-electron chi connectivity index (χ2n) is 3.63. The van der Waals surface area contributed by atoms with Crippen molar-refractivity contribution in [2.24, 2.45) is 0 Å². The van der Waals surface area contributed by atoms with Crippen molar-refractivity contribution in [3.8, 4) is 0 Å². The normalized spacial score (nSPS) is 12.8. The number of anilines is 1. The number of amidine groups is 1. The van der Waals surface area contributed by atoms with E-state index in [-0.39, 0.29) is 18.2 Å². The maximum Gasteiger partial charge on any atom is 0.360 e. The number of thioether (sulfide) groups is 1. The summed E-state index contributed by atoms with van der Waals surface area (Å²) >= 11 is 1.24. The number of nitrogens with zero attached hydrogens (tertiary/aromatic N) is 2. The molecule has 0 bridgehead atoms. The minimum absolute atomic E-state index is 0. The van der Waals surface area contributed by atoms with Gasteiger partial charge in [-0.15, -0.1) is 0 Å². The van der Waals surface area contributed by atoms with Crippen LogP contribution < -0.4 is 22.3 Å². The minimum Gasteiger partial charge on any atom is -1.00 e. The lowest BCUT2D eigenvalue weighted by Gasteiger charge is -2.04. The molecule has 0 amide bonds. The molecule has 0 unspecified atom stereocenters. The van der Waals surface area contributed by atoms with E-state index in [1.165, 1.54) is 11.8 Å². The molecule has 17 heavy (non-hydrogen) atoms. The molecule has 0 fully saturated rings. The van der Waals surface area contributed by atoms with E-state index >= 15 is 0 Å². The Labute approximate surface area is 110 Å². The molecule has 1 heterocycles. The number of fused-ring (bicyclic) bond motifs is 1. The Kier molecular flexibility index (Phi) is 4.42. The third-order valence-corrected chi connectivity index (χ3v) is 3.33. The lowest BCUT2D eigenvalue weighted by atomic mass is 10.2. The number of aliphatic carboxylic acids is 1. The van der Waals surface area contributed by atoms with Crippen LogP contribution in [0.3, 0.4) is 0 Å². The van der Waals surface area contributed by atoms with Crippen molar-refractivity contribution in [2.45, 2.75) is 6.92 Å². The van der Waals surface area contributed by atoms with Crippen molar-refractivity contribution < 1.29 is 22.3 Å². The Morgan fingerprint density at radius 3 is 2.88 bits per heavy atom. The van der Waals surface area contributed by atoms with Crippen LogP contribution in [-0.4, -0.2) is 29.0 Å². The fraction of sp³-hybridized carbons (Fsp3) is 0.273. The van der Waals surface area contributed by atoms with E-state index < -0.39 is 5.97 Å². The number of aryl methyl sites for hydroxylation is 1. The van der Waals surface area contributed by atoms with Crippen molar-refractivity contribution in [3.63, 3.8) is 0 Å². The second kappa shape index (κ2) is 5.42. The van der Waals surface area contributed by atoms with Crippen LogP contribution >= 0.6 is 11.8 Å². The predicted molar refractivity (Wildman–Crippen MR) is 66.5 cm³/mol. The van der Waals surface area contributed by atoms with Crippen LogP contribution in [0, 0.1) is 6.92 Å². The summed E-state index contributed by atoms with van der Waals surface area (Å²) < 4.78 is 0. The molecule has 1 N–H and O–H groups in total. The summed E-state index contributed by atoms with van der Waals surface area (Å²) in [6.07, 6.45) is 0. The van der Waals surface area contributed by atoms with Gasteiger partial charge in [-0.3, -0.25) is 4.79 Å². The van der Waals surface area contributed by atoms with Gasteiger partial charge in [-0.25, -0.2) is 4.90 Å². The molecule has 1 aliphatic heterocycles. The van der Waals surface area contributed by atoms with Crippen molar-refractivity contribution in [1.82, 2.24) is 4.99 Å². The van der Waals surface area contributed by atoms with E-state index in [1.54, 1.807) is 0 Å². The van der Waals surface area contributed by atoms with Gasteiger partial charge in [0.25, 0.3) is 0 Å². The largest absolute Gasteiger partial charge is 1.00 e. The SMILES string of the molecule is Cc1ccc2c(c1)[N+]=C(SCC(=O)O)N2C.[Cl-]. The Bertz CT molecular complexity index is 477. The van der Waals surface area contributed by atoms with Gasteiger partial charge >= 0.3 is 11.1 Å². The highest BCUT2D eigenvalue weighted by Crippen LogP contribution is 2.32. The summed E-state index contributed by atoms with van der Waals surface area (Å²) in [6.45, 7) is 2.01. The zero-order valence-corrected chi connectivity index (χ0v) is 11.0. The first-order valence-electron chi connectivity index (χ1n) is 4.85. The van der Waals surface area contributed by atoms with Crippen molar-refractivity contribution in [3.05, 3.63) is 23.8 Å². The zero-order valence-electron chi connectivity index (χ0n) is 9.48. The Hall–Kier alpha value is -1.20. The van der Waals surface area contributed by atoms with E-state index in [0.717, 1.165) is 22.1 Å². The predicted octanol–water partition coefficient (Wildman–Crippen LogP) is -1.41. The first-order valence-corrected chi connectivity index (χ1v) is 5.84. The van der Waals surface area contributed by atoms with Crippen molar-refractivity contribution in [2.75, 3.05) is 17.7 Å². The smallest absolute Gasteiger partial charge is 0.360 e. The number of halogens is 1. The van der Waals surface area contributed by atoms with Crippen LogP contribution in [0.5, 0.6) is 0 Å². The van der Waals surface area contributed by atoms with Crippen molar-refractivity contribution >= 4 is 34.3 Å². The number of hydrogen-bond acceptors (Lipinski definition) is 4. The molecule has 1 aromatic rings. The number of aliphatic imine (C=N–C) groups is 1. The maximum absolute atomic E-state index is 10.5. The Balaban J connectivity index is 0.00000144. The fourth-order valence-corrected chi connectivity index (χ4v) is 2.25. The van der Waals surface area contributed by atoms with Gasteiger partial charge in [-0.2, -0.15) is 0 Å². The van der Waals surface area contributed by atoms with Crippen LogP contribution in [0.1, 0.15) is 5.56 Å². The summed E-state index contributed by atoms with van der Waals surface area (Å²) in [5.74, 6) is -0.788. The van der Waals surface area contributed by atoms with Gasteiger partial charge in [0.2, 0.25) is 5.69 Å². The van der Waals surface area contributed by atoms with Gasteiger partial charge in [0.1, 0.15) is 5.75 Å². The number of carboxylic acid groups (broad SMARTS) is 1. The lowest BCUT2D eigenvalue weighted by Crippen LogP contribution is -3.00. The van der Waals surface area contributed by atoms with Crippen LogP contribution in [-0.2, 0) is 4.79 Å². The summed E-state index contributed by atoms with van der Waals surface area (Å²) in [7, 11) is 1.90. The van der Waals surface area contributed by atoms with Gasteiger partial charge in [0, 0.05) is 0 Å². The third kappa shape index (κ3) is 2.92. The van der Waals surface area contributed by atoms with Gasteiger partial charge < -0.3 is 17.5 Å². The van der Waals surface area contributed by atoms with Crippen LogP contribution in [0.2, 0.25) is 0 Å². The standard InChI is InChI=1S/C11H12N2O2S.ClH/c1-7-3-4-9-8(5-7)12-11(13(9)2)16-6-10(14)15;/h3-5H,6H2,1-2H3,(H,14,15);1H/q+1;/p-1. The number of carboxylic acids is 1. The van der Waals surface area contributed by atoms with Crippen LogP contribution in [0.15, 0.2) is 18.2 Å². The highest BCUT2D eigenvalue weighted by molar-refractivity contribution is 8.14. The molecule has 0 saturated carbocycles. The second-order valence-corrected chi connectivity index (χ2v) is 4.57. The number of carbonyl (C=O) groups is 1. The Morgan fingerprint density at radius 1 is 1.53 bits per heavy atom. The molecule has 1 aromatic carbocycles. The molecule has 4 nitrogen and oxygen atoms in total. The van der Waals surface area contributed by atoms with Crippen molar-refractivity contribution in [1.29, 1.82) is 0 Å². The van der Waals surface area contributed by atoms with E-state index in [0.29, 0.717) is 0 Å². The molecule has 0 aromatic heterocycles. The maximum atomic E-state index is 10.5. The van der Waals surface area contributed by atoms with E-state index in [1.807, 2.05) is 37.1 Å². The van der Waals surface area contributed by atoms with E-state index in [4.69, 9.17) is 5.11 Å². The highest BCUT2D eigenvalue weighted by atomic mass is 35.5. The fourth-order valence-electron chi connectivity index (χ4n) is 1.54. The summed E-state index contributed by atoms with van der Waals surface area (Å²) in [5.41, 5.74) is 3.09. The molecular weight excluding hydrogens is 260 g/mol. The summed E-state index contributed by atoms with van der Waals surface area (Å²) in [6, 6.07) is 6.03. The Morgan fingerprint density at radius 2 is 2.24 bits per heavy atom. The molecule has 1 radical (unpaired) electrons. The molecule has 6 heteroatoms. The molecule has 0 saturated heterocycles. The average molecular weight is 272 g/mol. The van der Waals surface area contributed by atoms with E-state index in [9.17, 15) is 4.79 Å². The molecule has 2 rings (SSSR count). The summed E-state index contributed by atoms with van der Waals surface area (Å²) in [4.78, 5) is 16.8. The summed E-state index contributed by atoms with van der Waals surface area (Å²) in [5, 5.41) is 9.37. The monoisotopic (exact) mass is 271 g/mol. The molecule has 0 aliphatic carbocycles. The number of hydrogen-bond donors (Lipinski definition) is 1. The van der Waals surface area contributed by atoms with Gasteiger partial charge in [0.15, 0.2) is 5.69 Å². The molecule has 91 valence electrons. The zero-order chi connectivity index (χ0) is 11.7. The van der Waals surface area contributed by atoms with Gasteiger partial charge in [-0.05, 0) is 41.4 Å². The molecule has 0 atom stereocenters. The highest BCUT2D eigenvalue weighted by Gasteiger charge is 2.32. The first kappa shape index (κ1) is 13.9. The topological polar surface area (TPSA) is 54.6 Å². The molecule has 0 spiro atoms. The molecular formula is C11H12ClN2O2S. The lowest BCUT2D eigenvalue weighted by molar-refractivity contribution is -0.133. The third-order valence-electron chi connectivity index (χ3n) is 2.32. The average Bonchev–Trinajstić information content (AvgIpc) is 2.52. The van der Waals surface area contributed by atoms with Crippen LogP contribution in [0.25, 0.3) is 0 Å². The van der Waals surface area contributed by atoms with Gasteiger partial charge in [0.05, 0.1) is 7.05 Å². The van der Waals surface area contributed by atoms with Gasteiger partial charge in [-0.1, -0.05) is 6.07 Å². The van der Waals surface area contributed by atoms with E-state index in [2.05, 4.69) is 4.99 Å². The number of rotatable bonds is 2. The quantitative estimate of drug-likeness (QED) is 0.718. The number of benzene rings is 1.